The Morgan fingerprint density at radius 2 is 1.64 bits per heavy atom. The molecular weight excluding hydrogens is 607 g/mol. The Labute approximate surface area is 293 Å². The third-order valence-corrected chi connectivity index (χ3v) is 11.4. The van der Waals surface area contributed by atoms with Crippen molar-refractivity contribution in [2.75, 3.05) is 0 Å². The normalized spacial score (nSPS) is 18.9. The van der Waals surface area contributed by atoms with Gasteiger partial charge < -0.3 is 8.98 Å². The van der Waals surface area contributed by atoms with E-state index in [-0.39, 0.29) is 5.92 Å². The lowest BCUT2D eigenvalue weighted by atomic mass is 9.85. The van der Waals surface area contributed by atoms with E-state index in [1.807, 2.05) is 0 Å². The van der Waals surface area contributed by atoms with Crippen LogP contribution in [0.1, 0.15) is 67.3 Å². The maximum absolute atomic E-state index is 6.77. The van der Waals surface area contributed by atoms with Gasteiger partial charge in [-0.3, -0.25) is 0 Å². The molecule has 1 atom stereocenters. The van der Waals surface area contributed by atoms with Gasteiger partial charge in [0, 0.05) is 33.8 Å². The smallest absolute Gasteiger partial charge is 0.137 e. The molecule has 2 heterocycles. The molecule has 0 spiro atoms. The number of hydrogen-bond acceptors (Lipinski definition) is 1. The molecule has 4 aliphatic rings. The molecular formula is C48H39NO. The Morgan fingerprint density at radius 3 is 2.50 bits per heavy atom. The zero-order valence-corrected chi connectivity index (χ0v) is 28.5. The predicted molar refractivity (Wildman–Crippen MR) is 210 cm³/mol. The largest absolute Gasteiger partial charge is 0.456 e. The molecule has 0 N–H and O–H groups in total. The van der Waals surface area contributed by atoms with E-state index >= 15 is 0 Å². The summed E-state index contributed by atoms with van der Waals surface area (Å²) in [7, 11) is 0. The zero-order valence-electron chi connectivity index (χ0n) is 28.5. The fraction of sp³-hybridized carbons (Fsp3) is 0.167. The Kier molecular flexibility index (Phi) is 6.91. The molecule has 4 aliphatic carbocycles. The van der Waals surface area contributed by atoms with Crippen LogP contribution in [0.15, 0.2) is 166 Å². The first-order valence-corrected chi connectivity index (χ1v) is 18.2. The van der Waals surface area contributed by atoms with Crippen LogP contribution in [0.3, 0.4) is 0 Å². The van der Waals surface area contributed by atoms with E-state index < -0.39 is 0 Å². The number of allylic oxidation sites excluding steroid dienone is 13. The van der Waals surface area contributed by atoms with E-state index in [1.165, 1.54) is 77.5 Å². The van der Waals surface area contributed by atoms with Crippen molar-refractivity contribution in [3.63, 3.8) is 0 Å². The van der Waals surface area contributed by atoms with Gasteiger partial charge in [0.2, 0.25) is 0 Å². The third kappa shape index (κ3) is 4.62. The average molecular weight is 646 g/mol. The van der Waals surface area contributed by atoms with Crippen LogP contribution in [0.4, 0.5) is 0 Å². The van der Waals surface area contributed by atoms with Crippen molar-refractivity contribution in [2.45, 2.75) is 51.4 Å². The molecule has 10 rings (SSSR count). The summed E-state index contributed by atoms with van der Waals surface area (Å²) in [5.41, 5.74) is 18.0. The molecule has 0 saturated carbocycles. The molecule has 2 aromatic heterocycles. The Bertz CT molecular complexity index is 2590. The van der Waals surface area contributed by atoms with Crippen LogP contribution >= 0.6 is 0 Å². The third-order valence-electron chi connectivity index (χ3n) is 11.4. The summed E-state index contributed by atoms with van der Waals surface area (Å²) < 4.78 is 9.24. The second-order valence-corrected chi connectivity index (χ2v) is 14.1. The molecule has 0 bridgehead atoms. The minimum Gasteiger partial charge on any atom is -0.456 e. The molecule has 0 fully saturated rings. The number of rotatable bonds is 5. The number of aryl methyl sites for hydroxylation is 1. The van der Waals surface area contributed by atoms with Crippen molar-refractivity contribution >= 4 is 44.5 Å². The van der Waals surface area contributed by atoms with E-state index in [0.29, 0.717) is 0 Å². The van der Waals surface area contributed by atoms with E-state index in [0.717, 1.165) is 55.4 Å². The molecule has 1 unspecified atom stereocenters. The van der Waals surface area contributed by atoms with Crippen molar-refractivity contribution in [2.24, 2.45) is 0 Å². The van der Waals surface area contributed by atoms with Gasteiger partial charge in [-0.1, -0.05) is 103 Å². The number of furan rings is 1. The molecule has 0 saturated heterocycles. The monoisotopic (exact) mass is 645 g/mol. The molecule has 0 amide bonds. The molecule has 2 nitrogen and oxygen atoms in total. The van der Waals surface area contributed by atoms with Crippen LogP contribution in [0, 0.1) is 0 Å². The van der Waals surface area contributed by atoms with E-state index in [2.05, 4.69) is 151 Å². The Hall–Kier alpha value is -5.60. The lowest BCUT2D eigenvalue weighted by Crippen LogP contribution is -2.05. The first kappa shape index (κ1) is 29.3. The number of fused-ring (bicyclic) bond motifs is 6. The highest BCUT2D eigenvalue weighted by molar-refractivity contribution is 6.09. The molecule has 242 valence electrons. The number of para-hydroxylation sites is 1. The minimum atomic E-state index is 0.126. The van der Waals surface area contributed by atoms with Crippen LogP contribution in [-0.4, -0.2) is 4.57 Å². The van der Waals surface area contributed by atoms with Gasteiger partial charge in [-0.25, -0.2) is 0 Å². The van der Waals surface area contributed by atoms with Crippen LogP contribution in [0.25, 0.3) is 50.2 Å². The van der Waals surface area contributed by atoms with Gasteiger partial charge in [0.1, 0.15) is 11.2 Å². The Morgan fingerprint density at radius 1 is 0.740 bits per heavy atom. The van der Waals surface area contributed by atoms with Crippen LogP contribution < -0.4 is 0 Å². The standard InChI is InChI=1S/C48H39NO/c1-31-41(33-16-7-3-8-17-33)30-42(47(31)34-18-9-4-10-19-34)39-21-13-23-45-48(39)40-27-25-36(29-46(40)50-45)49-43-22-12-11-20-37(43)38-26-24-35(28-44(38)49)32-14-5-2-6-15-32/h2,4-5,7,9-14,16-23,25,27-30,42H,3,6,8,15,24,26H2,1H3. The summed E-state index contributed by atoms with van der Waals surface area (Å²) in [6, 6.07) is 33.3. The first-order valence-electron chi connectivity index (χ1n) is 18.2. The lowest BCUT2D eigenvalue weighted by Gasteiger charge is -2.20. The van der Waals surface area contributed by atoms with Crippen LogP contribution in [0.5, 0.6) is 0 Å². The number of hydrogen-bond donors (Lipinski definition) is 0. The van der Waals surface area contributed by atoms with Crippen LogP contribution in [-0.2, 0) is 6.42 Å². The van der Waals surface area contributed by atoms with Gasteiger partial charge in [-0.2, -0.15) is 0 Å². The van der Waals surface area contributed by atoms with Crippen LogP contribution in [0.2, 0.25) is 0 Å². The van der Waals surface area contributed by atoms with Gasteiger partial charge in [0.15, 0.2) is 0 Å². The maximum Gasteiger partial charge on any atom is 0.137 e. The SMILES string of the molecule is CC1=C(c2ccccc2)C(c2cccc3oc4cc(-n5c6c(c7ccccc75)CCC(C5=CC=CCC5)=C6)ccc4c23)C=C1C1=CCCC=C1. The minimum absolute atomic E-state index is 0.126. The molecule has 0 aliphatic heterocycles. The highest BCUT2D eigenvalue weighted by atomic mass is 16.3. The van der Waals surface area contributed by atoms with Gasteiger partial charge in [-0.05, 0) is 126 Å². The van der Waals surface area contributed by atoms with Crippen molar-refractivity contribution in [1.29, 1.82) is 0 Å². The van der Waals surface area contributed by atoms with E-state index in [1.54, 1.807) is 0 Å². The fourth-order valence-corrected chi connectivity index (χ4v) is 9.02. The average Bonchev–Trinajstić information content (AvgIpc) is 3.84. The lowest BCUT2D eigenvalue weighted by molar-refractivity contribution is 0.668. The second-order valence-electron chi connectivity index (χ2n) is 14.1. The predicted octanol–water partition coefficient (Wildman–Crippen LogP) is 12.9. The molecule has 50 heavy (non-hydrogen) atoms. The summed E-state index contributed by atoms with van der Waals surface area (Å²) in [6.07, 6.45) is 25.4. The number of nitrogens with zero attached hydrogens (tertiary/aromatic N) is 1. The fourth-order valence-electron chi connectivity index (χ4n) is 9.02. The second kappa shape index (κ2) is 11.8. The summed E-state index contributed by atoms with van der Waals surface area (Å²) in [5.74, 6) is 0.126. The highest BCUT2D eigenvalue weighted by Gasteiger charge is 2.30. The number of aromatic nitrogens is 1. The van der Waals surface area contributed by atoms with Gasteiger partial charge in [0.05, 0.1) is 11.2 Å². The summed E-state index contributed by atoms with van der Waals surface area (Å²) in [4.78, 5) is 0. The zero-order chi connectivity index (χ0) is 33.2. The van der Waals surface area contributed by atoms with E-state index in [4.69, 9.17) is 4.42 Å². The van der Waals surface area contributed by atoms with Gasteiger partial charge in [0.25, 0.3) is 0 Å². The molecule has 6 aromatic rings. The van der Waals surface area contributed by atoms with Gasteiger partial charge >= 0.3 is 0 Å². The van der Waals surface area contributed by atoms with Crippen molar-refractivity contribution in [3.8, 4) is 5.69 Å². The van der Waals surface area contributed by atoms with Crippen molar-refractivity contribution in [3.05, 3.63) is 184 Å². The molecule has 4 aromatic carbocycles. The van der Waals surface area contributed by atoms with E-state index in [9.17, 15) is 0 Å². The summed E-state index contributed by atoms with van der Waals surface area (Å²) >= 11 is 0. The van der Waals surface area contributed by atoms with Crippen molar-refractivity contribution in [1.82, 2.24) is 4.57 Å². The Balaban J connectivity index is 1.14. The summed E-state index contributed by atoms with van der Waals surface area (Å²) in [6.45, 7) is 2.31. The topological polar surface area (TPSA) is 18.1 Å². The maximum atomic E-state index is 6.77. The molecule has 0 radical (unpaired) electrons. The van der Waals surface area contributed by atoms with Crippen molar-refractivity contribution < 1.29 is 4.42 Å². The van der Waals surface area contributed by atoms with Gasteiger partial charge in [-0.15, -0.1) is 0 Å². The molecule has 2 heteroatoms. The number of benzene rings is 4. The quantitative estimate of drug-likeness (QED) is 0.182. The highest BCUT2D eigenvalue weighted by Crippen LogP contribution is 2.49. The summed E-state index contributed by atoms with van der Waals surface area (Å²) in [5, 5.41) is 3.73. The first-order chi connectivity index (χ1) is 24.7.